The van der Waals surface area contributed by atoms with Gasteiger partial charge in [-0.05, 0) is 31.9 Å². The van der Waals surface area contributed by atoms with E-state index in [0.717, 1.165) is 12.1 Å². The molecule has 0 unspecified atom stereocenters. The third-order valence-electron chi connectivity index (χ3n) is 3.56. The largest absolute Gasteiger partial charge is 0.361 e. The van der Waals surface area contributed by atoms with Crippen LogP contribution < -0.4 is 10.2 Å². The van der Waals surface area contributed by atoms with Crippen LogP contribution in [0.25, 0.3) is 0 Å². The number of amides is 2. The molecule has 3 rings (SSSR count). The van der Waals surface area contributed by atoms with Gasteiger partial charge in [-0.1, -0.05) is 5.16 Å². The van der Waals surface area contributed by atoms with Gasteiger partial charge in [-0.15, -0.1) is 0 Å². The number of rotatable bonds is 3. The third-order valence-corrected chi connectivity index (χ3v) is 3.56. The molecule has 7 heteroatoms. The lowest BCUT2D eigenvalue weighted by Crippen LogP contribution is -2.52. The molecule has 0 radical (unpaired) electrons. The Hall–Kier alpha value is -2.70. The molecule has 1 aliphatic rings. The summed E-state index contributed by atoms with van der Waals surface area (Å²) in [5.41, 5.74) is 0.924. The summed E-state index contributed by atoms with van der Waals surface area (Å²) in [6.45, 7) is 2.33. The van der Waals surface area contributed by atoms with Crippen LogP contribution in [0, 0.1) is 6.92 Å². The van der Waals surface area contributed by atoms with Crippen LogP contribution in [0.2, 0.25) is 0 Å². The highest BCUT2D eigenvalue weighted by molar-refractivity contribution is 6.02. The topological polar surface area (TPSA) is 88.3 Å². The summed E-state index contributed by atoms with van der Waals surface area (Å²) in [6, 6.07) is 4.60. The summed E-state index contributed by atoms with van der Waals surface area (Å²) in [4.78, 5) is 30.3. The van der Waals surface area contributed by atoms with Gasteiger partial charge in [0.05, 0.1) is 11.9 Å². The molecule has 114 valence electrons. The average molecular weight is 300 g/mol. The quantitative estimate of drug-likeness (QED) is 0.923. The molecule has 0 aliphatic carbocycles. The summed E-state index contributed by atoms with van der Waals surface area (Å²) in [7, 11) is 0. The highest BCUT2D eigenvalue weighted by atomic mass is 16.5. The number of piperidine rings is 1. The van der Waals surface area contributed by atoms with Crippen molar-refractivity contribution in [3.63, 3.8) is 0 Å². The number of hydrogen-bond donors (Lipinski definition) is 1. The molecule has 1 aliphatic heterocycles. The molecule has 2 amide bonds. The maximum absolute atomic E-state index is 12.5. The third kappa shape index (κ3) is 2.83. The van der Waals surface area contributed by atoms with Gasteiger partial charge in [0.2, 0.25) is 5.91 Å². The molecular formula is C15H16N4O3. The first kappa shape index (κ1) is 14.2. The zero-order chi connectivity index (χ0) is 15.5. The number of hydrogen-bond acceptors (Lipinski definition) is 5. The molecule has 22 heavy (non-hydrogen) atoms. The van der Waals surface area contributed by atoms with Gasteiger partial charge < -0.3 is 14.7 Å². The molecular weight excluding hydrogens is 284 g/mol. The van der Waals surface area contributed by atoms with E-state index in [0.29, 0.717) is 18.7 Å². The van der Waals surface area contributed by atoms with Crippen LogP contribution in [0.1, 0.15) is 29.1 Å². The van der Waals surface area contributed by atoms with E-state index >= 15 is 0 Å². The first-order chi connectivity index (χ1) is 10.6. The summed E-state index contributed by atoms with van der Waals surface area (Å²) >= 11 is 0. The second kappa shape index (κ2) is 5.97. The zero-order valence-corrected chi connectivity index (χ0v) is 12.2. The smallest absolute Gasteiger partial charge is 0.274 e. The number of nitrogens with one attached hydrogen (secondary N) is 1. The minimum Gasteiger partial charge on any atom is -0.361 e. The fourth-order valence-electron chi connectivity index (χ4n) is 2.48. The lowest BCUT2D eigenvalue weighted by Gasteiger charge is -2.32. The zero-order valence-electron chi connectivity index (χ0n) is 12.2. The van der Waals surface area contributed by atoms with Crippen molar-refractivity contribution in [2.24, 2.45) is 0 Å². The standard InChI is InChI=1S/C15H16N4O3/c1-10-8-13(18-22-10)14(20)17-12-5-3-7-19(15(12)21)11-4-2-6-16-9-11/h2,4,6,8-9,12H,3,5,7H2,1H3,(H,17,20)/t12-/m1/s1. The Labute approximate surface area is 127 Å². The Balaban J connectivity index is 1.72. The Bertz CT molecular complexity index is 683. The molecule has 2 aromatic heterocycles. The monoisotopic (exact) mass is 300 g/mol. The number of aromatic nitrogens is 2. The van der Waals surface area contributed by atoms with Gasteiger partial charge in [-0.2, -0.15) is 0 Å². The van der Waals surface area contributed by atoms with Crippen LogP contribution in [-0.4, -0.2) is 34.5 Å². The molecule has 0 saturated carbocycles. The predicted octanol–water partition coefficient (Wildman–Crippen LogP) is 1.30. The van der Waals surface area contributed by atoms with E-state index in [1.807, 2.05) is 6.07 Å². The molecule has 3 heterocycles. The van der Waals surface area contributed by atoms with Crippen LogP contribution in [-0.2, 0) is 4.79 Å². The van der Waals surface area contributed by atoms with Crippen LogP contribution in [0.3, 0.4) is 0 Å². The second-order valence-electron chi connectivity index (χ2n) is 5.19. The molecule has 1 N–H and O–H groups in total. The summed E-state index contributed by atoms with van der Waals surface area (Å²) < 4.78 is 4.88. The number of pyridine rings is 1. The second-order valence-corrected chi connectivity index (χ2v) is 5.19. The first-order valence-corrected chi connectivity index (χ1v) is 7.11. The van der Waals surface area contributed by atoms with Crippen molar-refractivity contribution in [3.8, 4) is 0 Å². The number of anilines is 1. The van der Waals surface area contributed by atoms with Gasteiger partial charge in [-0.3, -0.25) is 14.6 Å². The number of carbonyl (C=O) groups excluding carboxylic acids is 2. The molecule has 0 bridgehead atoms. The lowest BCUT2D eigenvalue weighted by molar-refractivity contribution is -0.121. The Morgan fingerprint density at radius 2 is 2.36 bits per heavy atom. The SMILES string of the molecule is Cc1cc(C(=O)N[C@@H]2CCCN(c3cccnc3)C2=O)no1. The van der Waals surface area contributed by atoms with E-state index in [2.05, 4.69) is 15.5 Å². The van der Waals surface area contributed by atoms with Crippen molar-refractivity contribution >= 4 is 17.5 Å². The molecule has 1 atom stereocenters. The number of carbonyl (C=O) groups is 2. The Morgan fingerprint density at radius 3 is 3.05 bits per heavy atom. The van der Waals surface area contributed by atoms with Crippen molar-refractivity contribution in [1.29, 1.82) is 0 Å². The molecule has 2 aromatic rings. The van der Waals surface area contributed by atoms with E-state index in [9.17, 15) is 9.59 Å². The van der Waals surface area contributed by atoms with E-state index in [-0.39, 0.29) is 11.6 Å². The van der Waals surface area contributed by atoms with Gasteiger partial charge in [0.15, 0.2) is 5.69 Å². The maximum Gasteiger partial charge on any atom is 0.274 e. The van der Waals surface area contributed by atoms with Gasteiger partial charge in [0, 0.05) is 18.8 Å². The van der Waals surface area contributed by atoms with Crippen molar-refractivity contribution in [3.05, 3.63) is 42.0 Å². The van der Waals surface area contributed by atoms with Crippen molar-refractivity contribution in [2.75, 3.05) is 11.4 Å². The molecule has 0 spiro atoms. The van der Waals surface area contributed by atoms with E-state index < -0.39 is 11.9 Å². The summed E-state index contributed by atoms with van der Waals surface area (Å²) in [5.74, 6) is 0.0214. The minimum atomic E-state index is -0.557. The van der Waals surface area contributed by atoms with Crippen LogP contribution >= 0.6 is 0 Å². The normalized spacial score (nSPS) is 18.3. The van der Waals surface area contributed by atoms with Gasteiger partial charge in [-0.25, -0.2) is 0 Å². The van der Waals surface area contributed by atoms with Crippen LogP contribution in [0.15, 0.2) is 35.1 Å². The van der Waals surface area contributed by atoms with Crippen LogP contribution in [0.4, 0.5) is 5.69 Å². The lowest BCUT2D eigenvalue weighted by atomic mass is 10.0. The van der Waals surface area contributed by atoms with Crippen molar-refractivity contribution < 1.29 is 14.1 Å². The minimum absolute atomic E-state index is 0.132. The fourth-order valence-corrected chi connectivity index (χ4v) is 2.48. The summed E-state index contributed by atoms with van der Waals surface area (Å²) in [5, 5.41) is 6.39. The maximum atomic E-state index is 12.5. The van der Waals surface area contributed by atoms with Crippen molar-refractivity contribution in [2.45, 2.75) is 25.8 Å². The average Bonchev–Trinajstić information content (AvgIpc) is 2.97. The van der Waals surface area contributed by atoms with Gasteiger partial charge in [0.25, 0.3) is 5.91 Å². The van der Waals surface area contributed by atoms with Crippen molar-refractivity contribution in [1.82, 2.24) is 15.5 Å². The first-order valence-electron chi connectivity index (χ1n) is 7.11. The number of nitrogens with zero attached hydrogens (tertiary/aromatic N) is 3. The fraction of sp³-hybridized carbons (Fsp3) is 0.333. The molecule has 0 aromatic carbocycles. The van der Waals surface area contributed by atoms with E-state index in [1.54, 1.807) is 36.4 Å². The Kier molecular flexibility index (Phi) is 3.86. The molecule has 1 fully saturated rings. The van der Waals surface area contributed by atoms with Gasteiger partial charge in [0.1, 0.15) is 11.8 Å². The van der Waals surface area contributed by atoms with E-state index in [4.69, 9.17) is 4.52 Å². The Morgan fingerprint density at radius 1 is 1.50 bits per heavy atom. The summed E-state index contributed by atoms with van der Waals surface area (Å²) in [6.07, 6.45) is 4.72. The predicted molar refractivity (Wildman–Crippen MR) is 78.3 cm³/mol. The molecule has 7 nitrogen and oxygen atoms in total. The van der Waals surface area contributed by atoms with Crippen LogP contribution in [0.5, 0.6) is 0 Å². The highest BCUT2D eigenvalue weighted by Crippen LogP contribution is 2.20. The van der Waals surface area contributed by atoms with E-state index in [1.165, 1.54) is 0 Å². The highest BCUT2D eigenvalue weighted by Gasteiger charge is 2.31. The number of aryl methyl sites for hydroxylation is 1. The molecule has 1 saturated heterocycles. The van der Waals surface area contributed by atoms with Gasteiger partial charge >= 0.3 is 0 Å².